The van der Waals surface area contributed by atoms with Gasteiger partial charge in [-0.15, -0.1) is 0 Å². The van der Waals surface area contributed by atoms with Crippen LogP contribution in [0.3, 0.4) is 0 Å². The van der Waals surface area contributed by atoms with Crippen LogP contribution in [0.25, 0.3) is 6.08 Å². The van der Waals surface area contributed by atoms with Crippen molar-refractivity contribution in [2.75, 3.05) is 37.6 Å². The van der Waals surface area contributed by atoms with E-state index in [9.17, 15) is 19.6 Å². The Morgan fingerprint density at radius 1 is 1.19 bits per heavy atom. The Kier molecular flexibility index (Phi) is 8.12. The molecular weight excluding hydrogens is 510 g/mol. The van der Waals surface area contributed by atoms with Gasteiger partial charge in [0.25, 0.3) is 11.5 Å². The van der Waals surface area contributed by atoms with Gasteiger partial charge in [0.15, 0.2) is 0 Å². The van der Waals surface area contributed by atoms with E-state index in [1.807, 2.05) is 31.2 Å². The van der Waals surface area contributed by atoms with Crippen molar-refractivity contribution in [3.63, 3.8) is 0 Å². The summed E-state index contributed by atoms with van der Waals surface area (Å²) in [5.74, 6) is -0.996. The summed E-state index contributed by atoms with van der Waals surface area (Å²) >= 11 is 6.27. The third-order valence-corrected chi connectivity index (χ3v) is 7.90. The lowest BCUT2D eigenvalue weighted by Crippen LogP contribution is -2.48. The molecule has 9 nitrogen and oxygen atoms in total. The Morgan fingerprint density at radius 2 is 1.86 bits per heavy atom. The number of piperazine rings is 1. The first-order valence-electron chi connectivity index (χ1n) is 11.9. The van der Waals surface area contributed by atoms with Gasteiger partial charge >= 0.3 is 5.97 Å². The molecule has 0 radical (unpaired) electrons. The molecule has 2 saturated heterocycles. The van der Waals surface area contributed by atoms with E-state index in [1.165, 1.54) is 5.56 Å². The predicted molar refractivity (Wildman–Crippen MR) is 147 cm³/mol. The van der Waals surface area contributed by atoms with Crippen molar-refractivity contribution in [2.45, 2.75) is 26.9 Å². The number of benzene rings is 1. The van der Waals surface area contributed by atoms with Crippen molar-refractivity contribution in [3.05, 3.63) is 67.8 Å². The highest BCUT2D eigenvalue weighted by molar-refractivity contribution is 8.26. The van der Waals surface area contributed by atoms with E-state index in [2.05, 4.69) is 21.9 Å². The second-order valence-corrected chi connectivity index (χ2v) is 10.5. The number of thiocarbonyl (C=S) groups is 1. The summed E-state index contributed by atoms with van der Waals surface area (Å²) in [4.78, 5) is 43.2. The fourth-order valence-corrected chi connectivity index (χ4v) is 5.88. The van der Waals surface area contributed by atoms with Crippen LogP contribution in [0.5, 0.6) is 0 Å². The maximum Gasteiger partial charge on any atom is 0.323 e. The molecule has 0 bridgehead atoms. The minimum atomic E-state index is -1.16. The number of carboxylic acids is 1. The topological polar surface area (TPSA) is 110 Å². The van der Waals surface area contributed by atoms with Gasteiger partial charge in [-0.1, -0.05) is 54.3 Å². The predicted octanol–water partition coefficient (Wildman–Crippen LogP) is 2.66. The van der Waals surface area contributed by atoms with E-state index in [0.717, 1.165) is 36.3 Å². The number of anilines is 1. The summed E-state index contributed by atoms with van der Waals surface area (Å²) in [6.07, 6.45) is 1.65. The zero-order chi connectivity index (χ0) is 26.7. The smallest absolute Gasteiger partial charge is 0.323 e. The van der Waals surface area contributed by atoms with Gasteiger partial charge in [-0.05, 0) is 31.1 Å². The summed E-state index contributed by atoms with van der Waals surface area (Å²) in [6, 6.07) is 12.3. The number of amides is 1. The van der Waals surface area contributed by atoms with Crippen LogP contribution in [-0.4, -0.2) is 68.4 Å². The van der Waals surface area contributed by atoms with Crippen LogP contribution in [0.2, 0.25) is 0 Å². The second-order valence-electron chi connectivity index (χ2n) is 8.81. The largest absolute Gasteiger partial charge is 0.480 e. The van der Waals surface area contributed by atoms with E-state index >= 15 is 0 Å². The summed E-state index contributed by atoms with van der Waals surface area (Å²) in [6.45, 7) is 7.13. The molecule has 1 amide bonds. The lowest BCUT2D eigenvalue weighted by molar-refractivity contribution is -0.140. The van der Waals surface area contributed by atoms with E-state index in [4.69, 9.17) is 17.3 Å². The molecule has 192 valence electrons. The zero-order valence-electron chi connectivity index (χ0n) is 20.6. The van der Waals surface area contributed by atoms with Crippen LogP contribution < -0.4 is 10.5 Å². The first kappa shape index (κ1) is 26.6. The van der Waals surface area contributed by atoms with Gasteiger partial charge in [-0.2, -0.15) is 5.26 Å². The lowest BCUT2D eigenvalue weighted by Gasteiger charge is -2.38. The quantitative estimate of drug-likeness (QED) is 0.421. The van der Waals surface area contributed by atoms with Gasteiger partial charge in [0, 0.05) is 44.8 Å². The fourth-order valence-electron chi connectivity index (χ4n) is 4.64. The molecule has 1 N–H and O–H groups in total. The van der Waals surface area contributed by atoms with Crippen LogP contribution >= 0.6 is 24.0 Å². The third-order valence-electron chi connectivity index (χ3n) is 6.53. The summed E-state index contributed by atoms with van der Waals surface area (Å²) < 4.78 is 1.75. The molecule has 1 aromatic carbocycles. The van der Waals surface area contributed by atoms with Gasteiger partial charge in [0.05, 0.1) is 4.91 Å². The number of hydrogen-bond donors (Lipinski definition) is 1. The van der Waals surface area contributed by atoms with Crippen molar-refractivity contribution in [2.24, 2.45) is 0 Å². The molecule has 2 aliphatic rings. The molecule has 11 heteroatoms. The molecule has 2 aromatic rings. The number of thioether (sulfide) groups is 1. The number of carbonyl (C=O) groups excluding carboxylic acids is 1. The number of hydrogen-bond acceptors (Lipinski definition) is 8. The van der Waals surface area contributed by atoms with E-state index in [-0.39, 0.29) is 20.3 Å². The molecule has 37 heavy (non-hydrogen) atoms. The van der Waals surface area contributed by atoms with Gasteiger partial charge in [0.2, 0.25) is 0 Å². The van der Waals surface area contributed by atoms with Crippen LogP contribution in [0, 0.1) is 18.3 Å². The minimum absolute atomic E-state index is 0.0283. The summed E-state index contributed by atoms with van der Waals surface area (Å²) in [5.41, 5.74) is 1.99. The van der Waals surface area contributed by atoms with Crippen LogP contribution in [0.4, 0.5) is 5.82 Å². The molecule has 0 spiro atoms. The summed E-state index contributed by atoms with van der Waals surface area (Å²) in [5, 5.41) is 18.9. The Bertz CT molecular complexity index is 1370. The number of rotatable bonds is 7. The molecule has 2 fully saturated rings. The van der Waals surface area contributed by atoms with E-state index in [1.54, 1.807) is 17.6 Å². The first-order valence-corrected chi connectivity index (χ1v) is 13.1. The molecular formula is C26H27N5O4S2. The van der Waals surface area contributed by atoms with Crippen molar-refractivity contribution < 1.29 is 14.7 Å². The number of nitriles is 1. The van der Waals surface area contributed by atoms with Gasteiger partial charge < -0.3 is 10.0 Å². The third kappa shape index (κ3) is 5.46. The summed E-state index contributed by atoms with van der Waals surface area (Å²) in [7, 11) is 0. The number of aromatic nitrogens is 1. The lowest BCUT2D eigenvalue weighted by atomic mass is 10.0. The average molecular weight is 538 g/mol. The molecule has 3 heterocycles. The first-order chi connectivity index (χ1) is 17.7. The highest BCUT2D eigenvalue weighted by atomic mass is 32.2. The minimum Gasteiger partial charge on any atom is -0.480 e. The van der Waals surface area contributed by atoms with Crippen molar-refractivity contribution >= 4 is 52.1 Å². The normalized spacial score (nSPS) is 17.5. The molecule has 4 rings (SSSR count). The number of carbonyl (C=O) groups is 2. The van der Waals surface area contributed by atoms with Crippen molar-refractivity contribution in [1.29, 1.82) is 5.26 Å². The second kappa shape index (κ2) is 11.3. The van der Waals surface area contributed by atoms with Gasteiger partial charge in [-0.25, -0.2) is 0 Å². The van der Waals surface area contributed by atoms with Crippen LogP contribution in [-0.2, 0) is 22.7 Å². The zero-order valence-corrected chi connectivity index (χ0v) is 22.3. The number of carboxylic acid groups (broad SMARTS) is 1. The van der Waals surface area contributed by atoms with Crippen molar-refractivity contribution in [1.82, 2.24) is 14.4 Å². The number of pyridine rings is 1. The fraction of sp³-hybridized carbons (Fsp3) is 0.346. The highest BCUT2D eigenvalue weighted by Gasteiger charge is 2.34. The average Bonchev–Trinajstić information content (AvgIpc) is 3.14. The maximum atomic E-state index is 13.2. The van der Waals surface area contributed by atoms with Gasteiger partial charge in [-0.3, -0.25) is 28.8 Å². The highest BCUT2D eigenvalue weighted by Crippen LogP contribution is 2.36. The monoisotopic (exact) mass is 537 g/mol. The molecule has 0 saturated carbocycles. The Balaban J connectivity index is 1.71. The SMILES string of the molecule is CCn1c(N2CCN(Cc3ccccc3)CC2)c(/C=C2\SC(=S)N(CC(=O)O)C2=O)c(C)c(C#N)c1=O. The van der Waals surface area contributed by atoms with Crippen LogP contribution in [0.1, 0.15) is 29.2 Å². The Morgan fingerprint density at radius 3 is 2.46 bits per heavy atom. The number of nitrogens with zero attached hydrogens (tertiary/aromatic N) is 5. The molecule has 1 aromatic heterocycles. The van der Waals surface area contributed by atoms with E-state index < -0.39 is 18.4 Å². The standard InChI is InChI=1S/C26H27N5O4S2/c1-3-30-23(29-11-9-28(10-12-29)15-18-7-5-4-6-8-18)19(17(2)20(14-27)24(30)34)13-21-25(35)31(16-22(32)33)26(36)37-21/h4-8,13H,3,9-12,15-16H2,1-2H3,(H,32,33)/b21-13-. The molecule has 0 atom stereocenters. The Hall–Kier alpha value is -3.46. The van der Waals surface area contributed by atoms with E-state index in [0.29, 0.717) is 36.6 Å². The van der Waals surface area contributed by atoms with Crippen LogP contribution in [0.15, 0.2) is 40.0 Å². The maximum absolute atomic E-state index is 13.2. The van der Waals surface area contributed by atoms with Crippen molar-refractivity contribution in [3.8, 4) is 6.07 Å². The molecule has 2 aliphatic heterocycles. The number of aliphatic carboxylic acids is 1. The van der Waals surface area contributed by atoms with Gasteiger partial charge in [0.1, 0.15) is 28.3 Å². The molecule has 0 aliphatic carbocycles. The Labute approximate surface area is 224 Å². The molecule has 0 unspecified atom stereocenters.